The van der Waals surface area contributed by atoms with E-state index in [2.05, 4.69) is 54.7 Å². The molecule has 0 spiro atoms. The molecule has 1 aliphatic rings. The van der Waals surface area contributed by atoms with Crippen LogP contribution in [0, 0.1) is 0 Å². The van der Waals surface area contributed by atoms with Crippen molar-refractivity contribution in [2.75, 3.05) is 74.0 Å². The topological polar surface area (TPSA) is 13.0 Å². The summed E-state index contributed by atoms with van der Waals surface area (Å²) in [6.45, 7) is 10.9. The molecular weight excluding hydrogens is 236 g/mol. The van der Waals surface area contributed by atoms with Crippen molar-refractivity contribution in [3.05, 3.63) is 0 Å². The maximum atomic E-state index is 2.67. The van der Waals surface area contributed by atoms with Crippen molar-refractivity contribution in [2.24, 2.45) is 0 Å². The van der Waals surface area contributed by atoms with Crippen molar-refractivity contribution >= 4 is 0 Å². The fraction of sp³-hybridized carbons (Fsp3) is 1.00. The molecule has 19 heavy (non-hydrogen) atoms. The van der Waals surface area contributed by atoms with Gasteiger partial charge in [0.2, 0.25) is 0 Å². The second-order valence-corrected chi connectivity index (χ2v) is 6.44. The molecule has 0 amide bonds. The van der Waals surface area contributed by atoms with Crippen LogP contribution in [0.1, 0.15) is 19.8 Å². The molecule has 0 N–H and O–H groups in total. The van der Waals surface area contributed by atoms with Gasteiger partial charge < -0.3 is 14.7 Å². The Morgan fingerprint density at radius 1 is 0.947 bits per heavy atom. The van der Waals surface area contributed by atoms with E-state index in [1.54, 1.807) is 0 Å². The van der Waals surface area contributed by atoms with E-state index in [0.29, 0.717) is 6.04 Å². The van der Waals surface area contributed by atoms with Gasteiger partial charge in [0.05, 0.1) is 0 Å². The molecule has 1 rings (SSSR count). The summed E-state index contributed by atoms with van der Waals surface area (Å²) in [7, 11) is 8.77. The van der Waals surface area contributed by atoms with Gasteiger partial charge in [-0.1, -0.05) is 0 Å². The third kappa shape index (κ3) is 7.25. The van der Waals surface area contributed by atoms with E-state index in [0.717, 1.165) is 6.54 Å². The highest BCUT2D eigenvalue weighted by atomic mass is 15.2. The summed E-state index contributed by atoms with van der Waals surface area (Å²) in [5, 5.41) is 0. The normalized spacial score (nSPS) is 21.0. The molecule has 1 atom stereocenters. The SMILES string of the molecule is CC(CCN(C)CCN(C)C)N1CCCN(C)CC1. The lowest BCUT2D eigenvalue weighted by molar-refractivity contribution is 0.184. The molecule has 4 nitrogen and oxygen atoms in total. The molecule has 0 aromatic rings. The summed E-state index contributed by atoms with van der Waals surface area (Å²) < 4.78 is 0. The highest BCUT2D eigenvalue weighted by Crippen LogP contribution is 2.09. The van der Waals surface area contributed by atoms with Crippen LogP contribution in [0.4, 0.5) is 0 Å². The third-order valence-electron chi connectivity index (χ3n) is 4.23. The van der Waals surface area contributed by atoms with Crippen LogP contribution < -0.4 is 0 Å². The average molecular weight is 270 g/mol. The van der Waals surface area contributed by atoms with E-state index in [1.807, 2.05) is 0 Å². The van der Waals surface area contributed by atoms with Gasteiger partial charge in [0.15, 0.2) is 0 Å². The summed E-state index contributed by atoms with van der Waals surface area (Å²) in [4.78, 5) is 9.84. The highest BCUT2D eigenvalue weighted by Gasteiger charge is 2.17. The second-order valence-electron chi connectivity index (χ2n) is 6.44. The van der Waals surface area contributed by atoms with Gasteiger partial charge in [0, 0.05) is 32.2 Å². The first kappa shape index (κ1) is 16.9. The molecule has 0 aromatic heterocycles. The van der Waals surface area contributed by atoms with Crippen molar-refractivity contribution in [1.82, 2.24) is 19.6 Å². The Labute approximate surface area is 120 Å². The maximum Gasteiger partial charge on any atom is 0.0112 e. The molecule has 0 aromatic carbocycles. The second kappa shape index (κ2) is 8.90. The quantitative estimate of drug-likeness (QED) is 0.681. The average Bonchev–Trinajstić information content (AvgIpc) is 2.58. The fourth-order valence-corrected chi connectivity index (χ4v) is 2.58. The van der Waals surface area contributed by atoms with Gasteiger partial charge in [-0.05, 0) is 67.6 Å². The number of nitrogens with zero attached hydrogens (tertiary/aromatic N) is 4. The van der Waals surface area contributed by atoms with E-state index >= 15 is 0 Å². The first-order valence-corrected chi connectivity index (χ1v) is 7.75. The summed E-state index contributed by atoms with van der Waals surface area (Å²) >= 11 is 0. The van der Waals surface area contributed by atoms with Crippen LogP contribution in [-0.4, -0.2) is 99.6 Å². The van der Waals surface area contributed by atoms with Gasteiger partial charge >= 0.3 is 0 Å². The van der Waals surface area contributed by atoms with Gasteiger partial charge in [-0.3, -0.25) is 4.90 Å². The maximum absolute atomic E-state index is 2.67. The monoisotopic (exact) mass is 270 g/mol. The largest absolute Gasteiger partial charge is 0.308 e. The lowest BCUT2D eigenvalue weighted by Crippen LogP contribution is -2.39. The first-order chi connectivity index (χ1) is 8.99. The van der Waals surface area contributed by atoms with Crippen molar-refractivity contribution in [1.29, 1.82) is 0 Å². The number of rotatable bonds is 7. The lowest BCUT2D eigenvalue weighted by Gasteiger charge is -2.29. The van der Waals surface area contributed by atoms with Crippen molar-refractivity contribution < 1.29 is 0 Å². The van der Waals surface area contributed by atoms with Crippen LogP contribution >= 0.6 is 0 Å². The molecule has 1 fully saturated rings. The van der Waals surface area contributed by atoms with Gasteiger partial charge in [-0.2, -0.15) is 0 Å². The number of likely N-dealkylation sites (N-methyl/N-ethyl adjacent to an activating group) is 3. The van der Waals surface area contributed by atoms with Crippen molar-refractivity contribution in [3.8, 4) is 0 Å². The molecule has 1 unspecified atom stereocenters. The lowest BCUT2D eigenvalue weighted by atomic mass is 10.2. The van der Waals surface area contributed by atoms with Gasteiger partial charge in [0.25, 0.3) is 0 Å². The summed E-state index contributed by atoms with van der Waals surface area (Å²) in [6, 6.07) is 0.716. The third-order valence-corrected chi connectivity index (χ3v) is 4.23. The van der Waals surface area contributed by atoms with Crippen molar-refractivity contribution in [3.63, 3.8) is 0 Å². The first-order valence-electron chi connectivity index (χ1n) is 7.75. The zero-order valence-corrected chi connectivity index (χ0v) is 13.7. The Hall–Kier alpha value is -0.160. The predicted molar refractivity (Wildman–Crippen MR) is 83.8 cm³/mol. The zero-order valence-electron chi connectivity index (χ0n) is 13.7. The minimum absolute atomic E-state index is 0.716. The van der Waals surface area contributed by atoms with Crippen LogP contribution in [-0.2, 0) is 0 Å². The molecule has 4 heteroatoms. The smallest absolute Gasteiger partial charge is 0.0112 e. The Morgan fingerprint density at radius 3 is 2.37 bits per heavy atom. The minimum atomic E-state index is 0.716. The zero-order chi connectivity index (χ0) is 14.3. The van der Waals surface area contributed by atoms with Gasteiger partial charge in [0.1, 0.15) is 0 Å². The minimum Gasteiger partial charge on any atom is -0.308 e. The van der Waals surface area contributed by atoms with E-state index < -0.39 is 0 Å². The molecule has 1 saturated heterocycles. The molecular formula is C15H34N4. The summed E-state index contributed by atoms with van der Waals surface area (Å²) in [6.07, 6.45) is 2.60. The van der Waals surface area contributed by atoms with E-state index in [4.69, 9.17) is 0 Å². The molecule has 1 heterocycles. The van der Waals surface area contributed by atoms with Crippen LogP contribution in [0.5, 0.6) is 0 Å². The Kier molecular flexibility index (Phi) is 7.91. The van der Waals surface area contributed by atoms with Gasteiger partial charge in [-0.25, -0.2) is 0 Å². The number of hydrogen-bond acceptors (Lipinski definition) is 4. The van der Waals surface area contributed by atoms with Crippen LogP contribution in [0.15, 0.2) is 0 Å². The molecule has 0 radical (unpaired) electrons. The molecule has 114 valence electrons. The van der Waals surface area contributed by atoms with Crippen LogP contribution in [0.25, 0.3) is 0 Å². The molecule has 1 aliphatic heterocycles. The molecule has 0 aliphatic carbocycles. The fourth-order valence-electron chi connectivity index (χ4n) is 2.58. The van der Waals surface area contributed by atoms with Crippen LogP contribution in [0.3, 0.4) is 0 Å². The van der Waals surface area contributed by atoms with Crippen LogP contribution in [0.2, 0.25) is 0 Å². The number of hydrogen-bond donors (Lipinski definition) is 0. The Morgan fingerprint density at radius 2 is 1.68 bits per heavy atom. The van der Waals surface area contributed by atoms with Gasteiger partial charge in [-0.15, -0.1) is 0 Å². The van der Waals surface area contributed by atoms with E-state index in [1.165, 1.54) is 52.1 Å². The standard InChI is InChI=1S/C15H34N4/c1-15(7-10-18(5)12-11-16(2)3)19-9-6-8-17(4)13-14-19/h15H,6-14H2,1-5H3. The van der Waals surface area contributed by atoms with E-state index in [-0.39, 0.29) is 0 Å². The summed E-state index contributed by atoms with van der Waals surface area (Å²) in [5.41, 5.74) is 0. The predicted octanol–water partition coefficient (Wildman–Crippen LogP) is 0.896. The Bertz CT molecular complexity index is 232. The molecule has 0 saturated carbocycles. The summed E-state index contributed by atoms with van der Waals surface area (Å²) in [5.74, 6) is 0. The van der Waals surface area contributed by atoms with E-state index in [9.17, 15) is 0 Å². The van der Waals surface area contributed by atoms with Crippen molar-refractivity contribution in [2.45, 2.75) is 25.8 Å². The molecule has 0 bridgehead atoms. The highest BCUT2D eigenvalue weighted by molar-refractivity contribution is 4.73. The Balaban J connectivity index is 2.20.